The van der Waals surface area contributed by atoms with Gasteiger partial charge >= 0.3 is 0 Å². The number of rotatable bonds is 4. The molecular weight excluding hydrogens is 434 g/mol. The van der Waals surface area contributed by atoms with Gasteiger partial charge in [0.15, 0.2) is 5.11 Å². The van der Waals surface area contributed by atoms with Crippen LogP contribution in [0, 0.1) is 16.0 Å². The minimum absolute atomic E-state index is 0.0170. The van der Waals surface area contributed by atoms with Gasteiger partial charge in [-0.25, -0.2) is 0 Å². The Kier molecular flexibility index (Phi) is 5.93. The highest BCUT2D eigenvalue weighted by Crippen LogP contribution is 2.40. The number of nitrogens with zero attached hydrogens (tertiary/aromatic N) is 2. The Hall–Kier alpha value is -2.23. The summed E-state index contributed by atoms with van der Waals surface area (Å²) < 4.78 is 6.67. The van der Waals surface area contributed by atoms with Gasteiger partial charge in [0.2, 0.25) is 0 Å². The third-order valence-corrected chi connectivity index (χ3v) is 5.37. The van der Waals surface area contributed by atoms with Crippen molar-refractivity contribution < 1.29 is 14.8 Å². The van der Waals surface area contributed by atoms with E-state index in [1.54, 1.807) is 12.1 Å². The molecule has 0 fully saturated rings. The summed E-state index contributed by atoms with van der Waals surface area (Å²) in [7, 11) is 1.85. The Labute approximate surface area is 170 Å². The molecule has 1 aliphatic heterocycles. The lowest BCUT2D eigenvalue weighted by Crippen LogP contribution is -2.43. The molecule has 0 radical (unpaired) electrons. The summed E-state index contributed by atoms with van der Waals surface area (Å²) in [6, 6.07) is 11.6. The molecule has 0 saturated carbocycles. The number of aliphatic hydroxyl groups excluding tert-OH is 1. The number of ether oxygens (including phenoxy) is 1. The third kappa shape index (κ3) is 4.20. The first-order valence-electron chi connectivity index (χ1n) is 8.22. The summed E-state index contributed by atoms with van der Waals surface area (Å²) in [5, 5.41) is 24.1. The van der Waals surface area contributed by atoms with Gasteiger partial charge in [-0.1, -0.05) is 15.9 Å². The minimum Gasteiger partial charge on any atom is -0.493 e. The van der Waals surface area contributed by atoms with Crippen molar-refractivity contribution >= 4 is 44.6 Å². The van der Waals surface area contributed by atoms with Gasteiger partial charge in [-0.3, -0.25) is 10.1 Å². The maximum Gasteiger partial charge on any atom is 0.269 e. The van der Waals surface area contributed by atoms with Gasteiger partial charge < -0.3 is 20.1 Å². The van der Waals surface area contributed by atoms with Crippen molar-refractivity contribution in [3.8, 4) is 5.75 Å². The first-order chi connectivity index (χ1) is 12.9. The number of non-ortho nitro benzene ring substituents is 1. The van der Waals surface area contributed by atoms with E-state index in [9.17, 15) is 15.2 Å². The molecule has 1 aliphatic rings. The van der Waals surface area contributed by atoms with Crippen molar-refractivity contribution in [2.45, 2.75) is 6.04 Å². The zero-order valence-electron chi connectivity index (χ0n) is 14.5. The van der Waals surface area contributed by atoms with Gasteiger partial charge in [0, 0.05) is 40.8 Å². The van der Waals surface area contributed by atoms with E-state index in [1.165, 1.54) is 12.1 Å². The molecule has 2 aromatic carbocycles. The number of thiocarbonyl (C=S) groups is 1. The first kappa shape index (κ1) is 19.5. The quantitative estimate of drug-likeness (QED) is 0.415. The summed E-state index contributed by atoms with van der Waals surface area (Å²) in [4.78, 5) is 12.2. The predicted octanol–water partition coefficient (Wildman–Crippen LogP) is 3.73. The SMILES string of the molecule is CN(C(=S)Nc1ccc([N+](=O)[O-])cc1)[C@H]1c2cc(Br)ccc2OC[C@H]1CO. The highest BCUT2D eigenvalue weighted by atomic mass is 79.9. The van der Waals surface area contributed by atoms with E-state index in [0.717, 1.165) is 15.8 Å². The average molecular weight is 452 g/mol. The Bertz CT molecular complexity index is 862. The molecule has 9 heteroatoms. The number of nitrogens with one attached hydrogen (secondary N) is 1. The van der Waals surface area contributed by atoms with Gasteiger partial charge in [0.05, 0.1) is 24.2 Å². The molecule has 0 amide bonds. The van der Waals surface area contributed by atoms with Crippen molar-refractivity contribution in [3.05, 3.63) is 62.6 Å². The summed E-state index contributed by atoms with van der Waals surface area (Å²) in [6.45, 7) is 0.349. The number of aliphatic hydroxyl groups is 1. The van der Waals surface area contributed by atoms with Crippen molar-refractivity contribution in [1.82, 2.24) is 4.90 Å². The van der Waals surface area contributed by atoms with Crippen molar-refractivity contribution in [3.63, 3.8) is 0 Å². The molecule has 0 unspecified atom stereocenters. The standard InChI is InChI=1S/C18H18BrN3O4S/c1-21(18(27)20-13-3-5-14(6-4-13)22(24)25)17-11(9-23)10-26-16-7-2-12(19)8-15(16)17/h2-8,11,17,23H,9-10H2,1H3,(H,20,27)/t11-,17-/m1/s1. The van der Waals surface area contributed by atoms with Gasteiger partial charge in [-0.2, -0.15) is 0 Å². The number of hydrogen-bond donors (Lipinski definition) is 2. The van der Waals surface area contributed by atoms with E-state index in [2.05, 4.69) is 21.2 Å². The molecule has 2 aromatic rings. The van der Waals surface area contributed by atoms with Crippen LogP contribution >= 0.6 is 28.1 Å². The molecule has 142 valence electrons. The molecule has 0 aliphatic carbocycles. The lowest BCUT2D eigenvalue weighted by atomic mass is 9.90. The Morgan fingerprint density at radius 2 is 2.11 bits per heavy atom. The van der Waals surface area contributed by atoms with Gasteiger partial charge in [-0.15, -0.1) is 0 Å². The summed E-state index contributed by atoms with van der Waals surface area (Å²) in [5.74, 6) is 0.617. The fourth-order valence-corrected chi connectivity index (χ4v) is 3.72. The molecule has 1 heterocycles. The first-order valence-corrected chi connectivity index (χ1v) is 9.42. The predicted molar refractivity (Wildman–Crippen MR) is 110 cm³/mol. The highest BCUT2D eigenvalue weighted by molar-refractivity contribution is 9.10. The molecule has 0 bridgehead atoms. The molecule has 0 spiro atoms. The average Bonchev–Trinajstić information content (AvgIpc) is 2.66. The maximum atomic E-state index is 10.8. The smallest absolute Gasteiger partial charge is 0.269 e. The number of nitro benzene ring substituents is 1. The van der Waals surface area contributed by atoms with E-state index >= 15 is 0 Å². The molecule has 7 nitrogen and oxygen atoms in total. The Balaban J connectivity index is 1.82. The number of nitro groups is 1. The van der Waals surface area contributed by atoms with Crippen molar-refractivity contribution in [1.29, 1.82) is 0 Å². The number of halogens is 1. The fraction of sp³-hybridized carbons (Fsp3) is 0.278. The summed E-state index contributed by atoms with van der Waals surface area (Å²) in [5.41, 5.74) is 1.60. The number of fused-ring (bicyclic) bond motifs is 1. The van der Waals surface area contributed by atoms with Crippen LogP contribution in [0.25, 0.3) is 0 Å². The number of anilines is 1. The lowest BCUT2D eigenvalue weighted by Gasteiger charge is -2.39. The van der Waals surface area contributed by atoms with Crippen molar-refractivity contribution in [2.24, 2.45) is 5.92 Å². The second-order valence-electron chi connectivity index (χ2n) is 6.23. The van der Waals surface area contributed by atoms with E-state index in [1.807, 2.05) is 30.1 Å². The molecule has 0 aromatic heterocycles. The molecular formula is C18H18BrN3O4S. The largest absolute Gasteiger partial charge is 0.493 e. The minimum atomic E-state index is -0.448. The van der Waals surface area contributed by atoms with E-state index < -0.39 is 4.92 Å². The van der Waals surface area contributed by atoms with Crippen LogP contribution in [-0.2, 0) is 0 Å². The monoisotopic (exact) mass is 451 g/mol. The fourth-order valence-electron chi connectivity index (χ4n) is 3.11. The Morgan fingerprint density at radius 1 is 1.41 bits per heavy atom. The summed E-state index contributed by atoms with van der Waals surface area (Å²) >= 11 is 9.01. The number of hydrogen-bond acceptors (Lipinski definition) is 5. The molecule has 0 saturated heterocycles. The lowest BCUT2D eigenvalue weighted by molar-refractivity contribution is -0.384. The van der Waals surface area contributed by atoms with E-state index in [0.29, 0.717) is 17.4 Å². The highest BCUT2D eigenvalue weighted by Gasteiger charge is 2.34. The van der Waals surface area contributed by atoms with Gasteiger partial charge in [0.25, 0.3) is 5.69 Å². The van der Waals surface area contributed by atoms with Crippen LogP contribution in [0.4, 0.5) is 11.4 Å². The number of benzene rings is 2. The summed E-state index contributed by atoms with van der Waals surface area (Å²) in [6.07, 6.45) is 0. The van der Waals surface area contributed by atoms with Gasteiger partial charge in [0.1, 0.15) is 5.75 Å². The van der Waals surface area contributed by atoms with Crippen LogP contribution in [0.5, 0.6) is 5.75 Å². The van der Waals surface area contributed by atoms with Crippen LogP contribution in [0.1, 0.15) is 11.6 Å². The topological polar surface area (TPSA) is 87.9 Å². The van der Waals surface area contributed by atoms with E-state index in [-0.39, 0.29) is 24.3 Å². The van der Waals surface area contributed by atoms with Crippen LogP contribution in [0.15, 0.2) is 46.9 Å². The second kappa shape index (κ2) is 8.20. The van der Waals surface area contributed by atoms with Crippen LogP contribution in [0.2, 0.25) is 0 Å². The zero-order valence-corrected chi connectivity index (χ0v) is 16.9. The third-order valence-electron chi connectivity index (χ3n) is 4.49. The molecule has 3 rings (SSSR count). The Morgan fingerprint density at radius 3 is 2.74 bits per heavy atom. The van der Waals surface area contributed by atoms with Gasteiger partial charge in [-0.05, 0) is 42.5 Å². The molecule has 27 heavy (non-hydrogen) atoms. The molecule has 2 atom stereocenters. The van der Waals surface area contributed by atoms with Crippen molar-refractivity contribution in [2.75, 3.05) is 25.6 Å². The zero-order chi connectivity index (χ0) is 19.6. The second-order valence-corrected chi connectivity index (χ2v) is 7.53. The van der Waals surface area contributed by atoms with E-state index in [4.69, 9.17) is 17.0 Å². The maximum absolute atomic E-state index is 10.8. The van der Waals surface area contributed by atoms with Crippen LogP contribution in [-0.4, -0.2) is 40.3 Å². The molecule has 2 N–H and O–H groups in total. The normalized spacial score (nSPS) is 18.2. The van der Waals surface area contributed by atoms with Crippen LogP contribution in [0.3, 0.4) is 0 Å². The van der Waals surface area contributed by atoms with Crippen LogP contribution < -0.4 is 10.1 Å².